The molecule has 0 aliphatic heterocycles. The smallest absolute Gasteiger partial charge is 0.254 e. The normalized spacial score (nSPS) is 25.7. The van der Waals surface area contributed by atoms with Crippen LogP contribution in [0.2, 0.25) is 5.02 Å². The maximum atomic E-state index is 12.7. The monoisotopic (exact) mass is 456 g/mol. The molecule has 0 spiro atoms. The fourth-order valence-corrected chi connectivity index (χ4v) is 4.91. The minimum atomic E-state index is -0.0801. The number of nitrogens with zero attached hydrogens (tertiary/aromatic N) is 3. The van der Waals surface area contributed by atoms with Crippen molar-refractivity contribution in [2.24, 2.45) is 5.92 Å². The quantitative estimate of drug-likeness (QED) is 0.676. The zero-order chi connectivity index (χ0) is 22.5. The number of benzene rings is 1. The van der Waals surface area contributed by atoms with Crippen molar-refractivity contribution in [2.45, 2.75) is 69.6 Å². The van der Waals surface area contributed by atoms with Crippen LogP contribution in [0.5, 0.6) is 5.75 Å². The van der Waals surface area contributed by atoms with Gasteiger partial charge in [0.1, 0.15) is 11.8 Å². The van der Waals surface area contributed by atoms with Gasteiger partial charge in [-0.2, -0.15) is 10.4 Å². The summed E-state index contributed by atoms with van der Waals surface area (Å²) in [5, 5.41) is 26.2. The molecule has 0 radical (unpaired) electrons. The van der Waals surface area contributed by atoms with Gasteiger partial charge in [0.25, 0.3) is 5.91 Å². The van der Waals surface area contributed by atoms with Gasteiger partial charge in [-0.05, 0) is 69.4 Å². The summed E-state index contributed by atoms with van der Waals surface area (Å²) in [6.45, 7) is 0.258. The average Bonchev–Trinajstić information content (AvgIpc) is 3.31. The molecule has 1 aromatic heterocycles. The fourth-order valence-electron chi connectivity index (χ4n) is 4.69. The highest BCUT2D eigenvalue weighted by atomic mass is 35.5. The topological polar surface area (TPSA) is 100 Å². The summed E-state index contributed by atoms with van der Waals surface area (Å²) in [7, 11) is 0. The van der Waals surface area contributed by atoms with Gasteiger partial charge in [0.15, 0.2) is 0 Å². The van der Waals surface area contributed by atoms with E-state index >= 15 is 0 Å². The summed E-state index contributed by atoms with van der Waals surface area (Å²) >= 11 is 6.08. The molecular weight excluding hydrogens is 428 g/mol. The van der Waals surface area contributed by atoms with Crippen LogP contribution in [0.1, 0.15) is 73.3 Å². The van der Waals surface area contributed by atoms with Crippen molar-refractivity contribution in [2.75, 3.05) is 6.61 Å². The number of nitrogens with one attached hydrogen (secondary N) is 1. The van der Waals surface area contributed by atoms with Crippen molar-refractivity contribution in [1.82, 2.24) is 15.1 Å². The summed E-state index contributed by atoms with van der Waals surface area (Å²) in [4.78, 5) is 12.7. The van der Waals surface area contributed by atoms with E-state index in [1.807, 2.05) is 16.9 Å². The largest absolute Gasteiger partial charge is 0.490 e. The third-order valence-electron chi connectivity index (χ3n) is 6.69. The molecule has 0 saturated heterocycles. The van der Waals surface area contributed by atoms with Crippen LogP contribution in [0.3, 0.4) is 0 Å². The molecule has 0 bridgehead atoms. The summed E-state index contributed by atoms with van der Waals surface area (Å²) in [5.41, 5.74) is 1.03. The molecule has 2 aliphatic rings. The van der Waals surface area contributed by atoms with Gasteiger partial charge in [-0.15, -0.1) is 0 Å². The molecule has 8 heteroatoms. The third kappa shape index (κ3) is 5.43. The zero-order valence-electron chi connectivity index (χ0n) is 18.0. The highest BCUT2D eigenvalue weighted by Gasteiger charge is 2.26. The van der Waals surface area contributed by atoms with E-state index in [2.05, 4.69) is 10.4 Å². The molecule has 170 valence electrons. The number of carbonyl (C=O) groups excluding carboxylic acids is 1. The average molecular weight is 457 g/mol. The maximum Gasteiger partial charge on any atom is 0.254 e. The first-order valence-corrected chi connectivity index (χ1v) is 11.8. The number of hydrogen-bond acceptors (Lipinski definition) is 5. The lowest BCUT2D eigenvalue weighted by Crippen LogP contribution is -2.39. The fraction of sp³-hybridized carbons (Fsp3) is 0.542. The van der Waals surface area contributed by atoms with E-state index in [1.54, 1.807) is 24.4 Å². The predicted octanol–water partition coefficient (Wildman–Crippen LogP) is 4.25. The molecule has 2 fully saturated rings. The Bertz CT molecular complexity index is 970. The number of carbonyl (C=O) groups is 1. The maximum absolute atomic E-state index is 12.7. The van der Waals surface area contributed by atoms with E-state index in [1.165, 1.54) is 0 Å². The van der Waals surface area contributed by atoms with E-state index in [9.17, 15) is 9.90 Å². The molecule has 1 aromatic carbocycles. The summed E-state index contributed by atoms with van der Waals surface area (Å²) < 4.78 is 7.94. The summed E-state index contributed by atoms with van der Waals surface area (Å²) in [6, 6.07) is 7.59. The first kappa shape index (κ1) is 22.6. The first-order valence-electron chi connectivity index (χ1n) is 11.4. The standard InChI is InChI=1S/C24H29ClN4O3/c25-23-11-22(8-3-17(23)12-26)32-21-9-4-19(5-10-21)28-24(31)18-13-27-29(14-18)20-6-1-16(15-30)2-7-20/h3,8,11,13-14,16,19-21,30H,1-2,4-7,9-10,15H2,(H,28,31). The summed E-state index contributed by atoms with van der Waals surface area (Å²) in [6.07, 6.45) is 10.9. The van der Waals surface area contributed by atoms with Crippen molar-refractivity contribution < 1.29 is 14.6 Å². The molecule has 0 unspecified atom stereocenters. The SMILES string of the molecule is N#Cc1ccc(OC2CCC(NC(=O)c3cnn(C4CCC(CO)CC4)c3)CC2)cc1Cl. The molecular formula is C24H29ClN4O3. The van der Waals surface area contributed by atoms with Gasteiger partial charge in [0, 0.05) is 24.9 Å². The number of aromatic nitrogens is 2. The van der Waals surface area contributed by atoms with Gasteiger partial charge >= 0.3 is 0 Å². The Morgan fingerprint density at radius 3 is 2.62 bits per heavy atom. The number of aliphatic hydroxyl groups excluding tert-OH is 1. The molecule has 1 heterocycles. The molecule has 7 nitrogen and oxygen atoms in total. The summed E-state index contributed by atoms with van der Waals surface area (Å²) in [5.74, 6) is 0.989. The number of halogens is 1. The van der Waals surface area contributed by atoms with Crippen molar-refractivity contribution in [3.05, 3.63) is 46.7 Å². The molecule has 2 N–H and O–H groups in total. The van der Waals surface area contributed by atoms with Gasteiger partial charge in [-0.25, -0.2) is 0 Å². The predicted molar refractivity (Wildman–Crippen MR) is 121 cm³/mol. The van der Waals surface area contributed by atoms with Crippen LogP contribution in [-0.2, 0) is 0 Å². The van der Waals surface area contributed by atoms with Crippen LogP contribution in [-0.4, -0.2) is 39.5 Å². The number of aliphatic hydroxyl groups is 1. The Morgan fingerprint density at radius 2 is 1.97 bits per heavy atom. The highest BCUT2D eigenvalue weighted by molar-refractivity contribution is 6.31. The van der Waals surface area contributed by atoms with E-state index < -0.39 is 0 Å². The second-order valence-electron chi connectivity index (χ2n) is 8.88. The molecule has 2 aromatic rings. The van der Waals surface area contributed by atoms with Crippen molar-refractivity contribution in [3.8, 4) is 11.8 Å². The highest BCUT2D eigenvalue weighted by Crippen LogP contribution is 2.32. The first-order chi connectivity index (χ1) is 15.6. The van der Waals surface area contributed by atoms with Crippen LogP contribution < -0.4 is 10.1 Å². The van der Waals surface area contributed by atoms with Crippen molar-refractivity contribution in [1.29, 1.82) is 5.26 Å². The molecule has 2 aliphatic carbocycles. The van der Waals surface area contributed by atoms with Gasteiger partial charge in [-0.1, -0.05) is 11.6 Å². The van der Waals surface area contributed by atoms with Gasteiger partial charge < -0.3 is 15.2 Å². The number of ether oxygens (including phenoxy) is 1. The van der Waals surface area contributed by atoms with E-state index in [4.69, 9.17) is 21.6 Å². The molecule has 4 rings (SSSR count). The van der Waals surface area contributed by atoms with Crippen molar-refractivity contribution in [3.63, 3.8) is 0 Å². The lowest BCUT2D eigenvalue weighted by molar-refractivity contribution is 0.0893. The number of amides is 1. The Balaban J connectivity index is 1.24. The van der Waals surface area contributed by atoms with Crippen molar-refractivity contribution >= 4 is 17.5 Å². The molecule has 0 atom stereocenters. The van der Waals surface area contributed by atoms with Crippen LogP contribution in [0.4, 0.5) is 0 Å². The number of rotatable bonds is 6. The van der Waals surface area contributed by atoms with E-state index in [0.29, 0.717) is 33.9 Å². The molecule has 32 heavy (non-hydrogen) atoms. The molecule has 2 saturated carbocycles. The third-order valence-corrected chi connectivity index (χ3v) is 7.00. The van der Waals surface area contributed by atoms with Gasteiger partial charge in [-0.3, -0.25) is 9.48 Å². The second kappa shape index (κ2) is 10.4. The minimum Gasteiger partial charge on any atom is -0.490 e. The van der Waals surface area contributed by atoms with Gasteiger partial charge in [0.2, 0.25) is 0 Å². The lowest BCUT2D eigenvalue weighted by Gasteiger charge is -2.29. The Hall–Kier alpha value is -2.56. The Labute approximate surface area is 193 Å². The van der Waals surface area contributed by atoms with Crippen LogP contribution in [0.25, 0.3) is 0 Å². The Morgan fingerprint density at radius 1 is 1.22 bits per heavy atom. The van der Waals surface area contributed by atoms with E-state index in [0.717, 1.165) is 51.4 Å². The molecule has 1 amide bonds. The Kier molecular flexibility index (Phi) is 7.33. The van der Waals surface area contributed by atoms with Crippen LogP contribution in [0.15, 0.2) is 30.6 Å². The van der Waals surface area contributed by atoms with Gasteiger partial charge in [0.05, 0.1) is 34.5 Å². The van der Waals surface area contributed by atoms with Crippen LogP contribution in [0, 0.1) is 17.2 Å². The minimum absolute atomic E-state index is 0.0731. The van der Waals surface area contributed by atoms with E-state index in [-0.39, 0.29) is 24.7 Å². The number of nitriles is 1. The number of hydrogen-bond donors (Lipinski definition) is 2. The second-order valence-corrected chi connectivity index (χ2v) is 9.29. The zero-order valence-corrected chi connectivity index (χ0v) is 18.8. The lowest BCUT2D eigenvalue weighted by atomic mass is 9.87. The van der Waals surface area contributed by atoms with Crippen LogP contribution >= 0.6 is 11.6 Å².